The lowest BCUT2D eigenvalue weighted by molar-refractivity contribution is -0.129. The van der Waals surface area contributed by atoms with E-state index in [0.29, 0.717) is 18.7 Å². The van der Waals surface area contributed by atoms with Crippen LogP contribution in [0.4, 0.5) is 5.69 Å². The van der Waals surface area contributed by atoms with E-state index in [1.54, 1.807) is 14.0 Å². The number of carbonyl (C=O) groups excluding carboxylic acids is 2. The summed E-state index contributed by atoms with van der Waals surface area (Å²) < 4.78 is 5.69. The highest BCUT2D eigenvalue weighted by Gasteiger charge is 2.27. The first-order valence-corrected chi connectivity index (χ1v) is 7.96. The molecular weight excluding hydrogens is 292 g/mol. The fourth-order valence-electron chi connectivity index (χ4n) is 2.97. The molecule has 0 aliphatic carbocycles. The van der Waals surface area contributed by atoms with Crippen molar-refractivity contribution in [3.8, 4) is 5.75 Å². The molecule has 0 N–H and O–H groups in total. The summed E-state index contributed by atoms with van der Waals surface area (Å²) >= 11 is 0. The predicted molar refractivity (Wildman–Crippen MR) is 91.5 cm³/mol. The van der Waals surface area contributed by atoms with E-state index in [0.717, 1.165) is 36.4 Å². The molecule has 1 aromatic carbocycles. The number of methoxy groups -OCH3 is 1. The Morgan fingerprint density at radius 3 is 2.22 bits per heavy atom. The number of benzene rings is 1. The zero-order valence-corrected chi connectivity index (χ0v) is 14.7. The van der Waals surface area contributed by atoms with Gasteiger partial charge in [-0.15, -0.1) is 0 Å². The number of nitrogens with zero attached hydrogens (tertiary/aromatic N) is 2. The van der Waals surface area contributed by atoms with E-state index in [9.17, 15) is 9.59 Å². The van der Waals surface area contributed by atoms with Crippen molar-refractivity contribution in [1.82, 2.24) is 4.90 Å². The average Bonchev–Trinajstić information content (AvgIpc) is 2.52. The van der Waals surface area contributed by atoms with Crippen LogP contribution in [0.25, 0.3) is 0 Å². The number of hydrogen-bond acceptors (Lipinski definition) is 4. The molecule has 5 nitrogen and oxygen atoms in total. The van der Waals surface area contributed by atoms with Crippen molar-refractivity contribution < 1.29 is 14.3 Å². The molecule has 1 fully saturated rings. The zero-order chi connectivity index (χ0) is 17.2. The highest BCUT2D eigenvalue weighted by atomic mass is 16.5. The number of ether oxygens (including phenoxy) is 1. The van der Waals surface area contributed by atoms with E-state index in [-0.39, 0.29) is 11.3 Å². The molecule has 0 bridgehead atoms. The number of hydrogen-bond donors (Lipinski definition) is 0. The molecule has 0 unspecified atom stereocenters. The van der Waals surface area contributed by atoms with Gasteiger partial charge in [0.1, 0.15) is 12.0 Å². The Balaban J connectivity index is 2.42. The normalized spacial score (nSPS) is 15.5. The lowest BCUT2D eigenvalue weighted by atomic mass is 9.84. The van der Waals surface area contributed by atoms with Crippen molar-refractivity contribution in [2.24, 2.45) is 0 Å². The molecule has 1 aliphatic heterocycles. The number of piperazine rings is 1. The van der Waals surface area contributed by atoms with Gasteiger partial charge in [0.05, 0.1) is 12.8 Å². The van der Waals surface area contributed by atoms with Gasteiger partial charge in [0, 0.05) is 44.2 Å². The highest BCUT2D eigenvalue weighted by Crippen LogP contribution is 2.40. The van der Waals surface area contributed by atoms with Gasteiger partial charge in [-0.05, 0) is 17.5 Å². The maximum atomic E-state index is 11.5. The van der Waals surface area contributed by atoms with Gasteiger partial charge < -0.3 is 14.5 Å². The fraction of sp³-hybridized carbons (Fsp3) is 0.556. The van der Waals surface area contributed by atoms with Crippen LogP contribution in [0.2, 0.25) is 0 Å². The van der Waals surface area contributed by atoms with Gasteiger partial charge in [0.2, 0.25) is 5.91 Å². The van der Waals surface area contributed by atoms with E-state index in [1.165, 1.54) is 0 Å². The van der Waals surface area contributed by atoms with Gasteiger partial charge in [-0.3, -0.25) is 9.59 Å². The second kappa shape index (κ2) is 6.60. The third-order valence-corrected chi connectivity index (χ3v) is 4.31. The molecule has 0 radical (unpaired) electrons. The second-order valence-electron chi connectivity index (χ2n) is 6.98. The molecule has 5 heteroatoms. The van der Waals surface area contributed by atoms with Crippen LogP contribution >= 0.6 is 0 Å². The van der Waals surface area contributed by atoms with Crippen molar-refractivity contribution in [3.63, 3.8) is 0 Å². The number of anilines is 1. The molecule has 1 aromatic rings. The first-order valence-electron chi connectivity index (χ1n) is 7.96. The third kappa shape index (κ3) is 3.66. The quantitative estimate of drug-likeness (QED) is 0.803. The van der Waals surface area contributed by atoms with E-state index < -0.39 is 0 Å². The summed E-state index contributed by atoms with van der Waals surface area (Å²) in [6.45, 7) is 10.8. The average molecular weight is 318 g/mol. The molecule has 2 rings (SSSR count). The van der Waals surface area contributed by atoms with Crippen LogP contribution in [0.3, 0.4) is 0 Å². The van der Waals surface area contributed by atoms with Crippen molar-refractivity contribution in [2.45, 2.75) is 33.1 Å². The number of carbonyl (C=O) groups is 2. The molecule has 0 spiro atoms. The van der Waals surface area contributed by atoms with Crippen LogP contribution in [-0.2, 0) is 10.2 Å². The van der Waals surface area contributed by atoms with E-state index in [1.807, 2.05) is 17.0 Å². The van der Waals surface area contributed by atoms with Gasteiger partial charge in [-0.2, -0.15) is 0 Å². The lowest BCUT2D eigenvalue weighted by Gasteiger charge is -2.37. The topological polar surface area (TPSA) is 49.9 Å². The van der Waals surface area contributed by atoms with Gasteiger partial charge in [0.15, 0.2) is 0 Å². The first kappa shape index (κ1) is 17.3. The molecule has 0 atom stereocenters. The Morgan fingerprint density at radius 2 is 1.78 bits per heavy atom. The largest absolute Gasteiger partial charge is 0.494 e. The minimum Gasteiger partial charge on any atom is -0.494 e. The van der Waals surface area contributed by atoms with Crippen molar-refractivity contribution in [1.29, 1.82) is 0 Å². The molecule has 1 heterocycles. The van der Waals surface area contributed by atoms with Crippen LogP contribution in [0.5, 0.6) is 5.75 Å². The molecular formula is C18H26N2O3. The zero-order valence-electron chi connectivity index (χ0n) is 14.7. The molecule has 1 amide bonds. The molecule has 126 valence electrons. The Bertz CT molecular complexity index is 597. The third-order valence-electron chi connectivity index (χ3n) is 4.31. The predicted octanol–water partition coefficient (Wildman–Crippen LogP) is 2.47. The van der Waals surface area contributed by atoms with Crippen LogP contribution in [-0.4, -0.2) is 50.4 Å². The van der Waals surface area contributed by atoms with Gasteiger partial charge >= 0.3 is 0 Å². The summed E-state index contributed by atoms with van der Waals surface area (Å²) in [5.74, 6) is 0.924. The molecule has 1 saturated heterocycles. The lowest BCUT2D eigenvalue weighted by Crippen LogP contribution is -2.48. The summed E-state index contributed by atoms with van der Waals surface area (Å²) in [4.78, 5) is 26.9. The van der Waals surface area contributed by atoms with Crippen LogP contribution in [0, 0.1) is 0 Å². The molecule has 23 heavy (non-hydrogen) atoms. The number of amides is 1. The molecule has 1 aliphatic rings. The summed E-state index contributed by atoms with van der Waals surface area (Å²) in [6, 6.07) is 3.78. The maximum absolute atomic E-state index is 11.5. The van der Waals surface area contributed by atoms with Gasteiger partial charge in [-0.25, -0.2) is 0 Å². The summed E-state index contributed by atoms with van der Waals surface area (Å²) in [5.41, 5.74) is 2.49. The van der Waals surface area contributed by atoms with Crippen LogP contribution in [0.15, 0.2) is 12.1 Å². The molecule has 0 aromatic heterocycles. The van der Waals surface area contributed by atoms with E-state index in [2.05, 4.69) is 25.7 Å². The Morgan fingerprint density at radius 1 is 1.17 bits per heavy atom. The van der Waals surface area contributed by atoms with Crippen molar-refractivity contribution in [3.05, 3.63) is 23.3 Å². The van der Waals surface area contributed by atoms with Crippen LogP contribution in [0.1, 0.15) is 43.6 Å². The van der Waals surface area contributed by atoms with E-state index >= 15 is 0 Å². The van der Waals surface area contributed by atoms with Gasteiger partial charge in [-0.1, -0.05) is 20.8 Å². The second-order valence-corrected chi connectivity index (χ2v) is 6.98. The summed E-state index contributed by atoms with van der Waals surface area (Å²) in [7, 11) is 1.67. The maximum Gasteiger partial charge on any atom is 0.219 e. The minimum atomic E-state index is -0.125. The monoisotopic (exact) mass is 318 g/mol. The van der Waals surface area contributed by atoms with Crippen molar-refractivity contribution in [2.75, 3.05) is 38.2 Å². The SMILES string of the molecule is COc1c(N2CCN(C(C)=O)CC2)cc(C=O)cc1C(C)(C)C. The fourth-order valence-corrected chi connectivity index (χ4v) is 2.97. The van der Waals surface area contributed by atoms with Crippen LogP contribution < -0.4 is 9.64 Å². The first-order chi connectivity index (χ1) is 10.8. The standard InChI is InChI=1S/C18H26N2O3/c1-13(22)19-6-8-20(9-7-19)16-11-14(12-21)10-15(17(16)23-5)18(2,3)4/h10-12H,6-9H2,1-5H3. The minimum absolute atomic E-state index is 0.105. The smallest absolute Gasteiger partial charge is 0.219 e. The summed E-state index contributed by atoms with van der Waals surface area (Å²) in [6.07, 6.45) is 0.879. The highest BCUT2D eigenvalue weighted by molar-refractivity contribution is 5.81. The number of aldehydes is 1. The Labute approximate surface area is 138 Å². The number of rotatable bonds is 3. The van der Waals surface area contributed by atoms with Crippen molar-refractivity contribution >= 4 is 17.9 Å². The Kier molecular flexibility index (Phi) is 4.97. The van der Waals surface area contributed by atoms with Gasteiger partial charge in [0.25, 0.3) is 0 Å². The van der Waals surface area contributed by atoms with E-state index in [4.69, 9.17) is 4.74 Å². The molecule has 0 saturated carbocycles. The Hall–Kier alpha value is -2.04. The summed E-state index contributed by atoms with van der Waals surface area (Å²) in [5, 5.41) is 0.